The molecule has 2 fully saturated rings. The maximum atomic E-state index is 12.1. The molecule has 9 heteroatoms. The van der Waals surface area contributed by atoms with Crippen LogP contribution in [0.4, 0.5) is 0 Å². The highest BCUT2D eigenvalue weighted by Gasteiger charge is 2.22. The van der Waals surface area contributed by atoms with E-state index >= 15 is 0 Å². The van der Waals surface area contributed by atoms with E-state index in [-0.39, 0.29) is 37.6 Å². The van der Waals surface area contributed by atoms with Gasteiger partial charge in [0.25, 0.3) is 0 Å². The minimum Gasteiger partial charge on any atom is -0.302 e. The fraction of sp³-hybridized carbons (Fsp3) is 1.00. The molecule has 0 spiro atoms. The largest absolute Gasteiger partial charge is 0.472 e. The van der Waals surface area contributed by atoms with Crippen molar-refractivity contribution < 1.29 is 38.1 Å². The molecule has 2 aliphatic carbocycles. The first-order valence-electron chi connectivity index (χ1n) is 13.3. The molecule has 2 saturated carbocycles. The van der Waals surface area contributed by atoms with Gasteiger partial charge in [0.2, 0.25) is 0 Å². The Morgan fingerprint density at radius 2 is 1.12 bits per heavy atom. The van der Waals surface area contributed by atoms with Crippen molar-refractivity contribution in [2.75, 3.05) is 13.2 Å². The number of phosphoric acid groups is 1. The van der Waals surface area contributed by atoms with Gasteiger partial charge < -0.3 is 4.89 Å². The lowest BCUT2D eigenvalue weighted by atomic mass is 9.98. The summed E-state index contributed by atoms with van der Waals surface area (Å²) in [6.07, 6.45) is 16.2. The lowest BCUT2D eigenvalue weighted by Gasteiger charge is -2.24. The summed E-state index contributed by atoms with van der Waals surface area (Å²) >= 11 is 0. The molecule has 0 aromatic carbocycles. The van der Waals surface area contributed by atoms with Crippen molar-refractivity contribution in [3.63, 3.8) is 0 Å². The van der Waals surface area contributed by atoms with Crippen LogP contribution in [0.5, 0.6) is 0 Å². The van der Waals surface area contributed by atoms with Crippen molar-refractivity contribution in [1.29, 1.82) is 0 Å². The maximum Gasteiger partial charge on any atom is 0.472 e. The second-order valence-corrected chi connectivity index (χ2v) is 10.8. The first-order valence-corrected chi connectivity index (χ1v) is 14.8. The van der Waals surface area contributed by atoms with Crippen molar-refractivity contribution in [3.05, 3.63) is 0 Å². The zero-order valence-electron chi connectivity index (χ0n) is 20.8. The van der Waals surface area contributed by atoms with Crippen LogP contribution in [0, 0.1) is 0 Å². The summed E-state index contributed by atoms with van der Waals surface area (Å²) in [6.45, 7) is 4.38. The Kier molecular flexibility index (Phi) is 15.4. The summed E-state index contributed by atoms with van der Waals surface area (Å²) in [6, 6.07) is 0. The van der Waals surface area contributed by atoms with E-state index in [1.165, 1.54) is 38.5 Å². The molecule has 196 valence electrons. The monoisotopic (exact) mass is 494 g/mol. The molecule has 0 aromatic rings. The van der Waals surface area contributed by atoms with Gasteiger partial charge in [0.05, 0.1) is 37.6 Å². The summed E-state index contributed by atoms with van der Waals surface area (Å²) < 4.78 is 22.3. The average molecular weight is 495 g/mol. The van der Waals surface area contributed by atoms with Crippen molar-refractivity contribution in [2.45, 2.75) is 141 Å². The molecular formula is C24H47O8P. The molecule has 1 N–H and O–H groups in total. The van der Waals surface area contributed by atoms with Crippen LogP contribution in [0.15, 0.2) is 0 Å². The van der Waals surface area contributed by atoms with Gasteiger partial charge in [-0.15, -0.1) is 0 Å². The van der Waals surface area contributed by atoms with Crippen LogP contribution in [0.2, 0.25) is 0 Å². The number of hydrogen-bond donors (Lipinski definition) is 1. The molecule has 2 aliphatic rings. The Morgan fingerprint density at radius 1 is 0.727 bits per heavy atom. The van der Waals surface area contributed by atoms with Gasteiger partial charge in [0.15, 0.2) is 0 Å². The topological polar surface area (TPSA) is 92.7 Å². The highest BCUT2D eigenvalue weighted by atomic mass is 31.2. The fourth-order valence-corrected chi connectivity index (χ4v) is 5.09. The van der Waals surface area contributed by atoms with Gasteiger partial charge in [-0.1, -0.05) is 52.4 Å². The molecule has 0 saturated heterocycles. The van der Waals surface area contributed by atoms with Gasteiger partial charge in [-0.05, 0) is 64.2 Å². The first kappa shape index (κ1) is 29.2. The van der Waals surface area contributed by atoms with E-state index in [1.807, 2.05) is 13.8 Å². The number of hydrogen-bond acceptors (Lipinski definition) is 7. The molecule has 0 aliphatic heterocycles. The van der Waals surface area contributed by atoms with Gasteiger partial charge in [-0.2, -0.15) is 0 Å². The molecular weight excluding hydrogens is 447 g/mol. The highest BCUT2D eigenvalue weighted by molar-refractivity contribution is 7.47. The van der Waals surface area contributed by atoms with E-state index < -0.39 is 7.82 Å². The third-order valence-corrected chi connectivity index (χ3v) is 7.54. The minimum atomic E-state index is -4.05. The summed E-state index contributed by atoms with van der Waals surface area (Å²) in [5.74, 6) is 0. The van der Waals surface area contributed by atoms with Crippen LogP contribution < -0.4 is 0 Å². The molecule has 2 unspecified atom stereocenters. The van der Waals surface area contributed by atoms with Gasteiger partial charge in [0, 0.05) is 0 Å². The van der Waals surface area contributed by atoms with Crippen LogP contribution >= 0.6 is 7.82 Å². The van der Waals surface area contributed by atoms with Crippen molar-refractivity contribution >= 4 is 7.82 Å². The molecule has 0 bridgehead atoms. The summed E-state index contributed by atoms with van der Waals surface area (Å²) in [5.41, 5.74) is 0. The number of phosphoric ester groups is 1. The third kappa shape index (κ3) is 13.6. The quantitative estimate of drug-likeness (QED) is 0.0962. The molecule has 8 nitrogen and oxygen atoms in total. The predicted octanol–water partition coefficient (Wildman–Crippen LogP) is 6.80. The lowest BCUT2D eigenvalue weighted by molar-refractivity contribution is -0.356. The van der Waals surface area contributed by atoms with E-state index in [1.54, 1.807) is 0 Å². The smallest absolute Gasteiger partial charge is 0.302 e. The van der Waals surface area contributed by atoms with E-state index in [9.17, 15) is 9.46 Å². The first-order chi connectivity index (χ1) is 16.0. The maximum absolute atomic E-state index is 12.1. The van der Waals surface area contributed by atoms with Gasteiger partial charge in [-0.25, -0.2) is 24.1 Å². The Labute approximate surface area is 200 Å². The zero-order chi connectivity index (χ0) is 23.8. The molecule has 0 heterocycles. The van der Waals surface area contributed by atoms with Crippen LogP contribution in [-0.2, 0) is 33.2 Å². The normalized spacial score (nSPS) is 22.2. The second kappa shape index (κ2) is 17.4. The minimum absolute atomic E-state index is 0.0312. The highest BCUT2D eigenvalue weighted by Crippen LogP contribution is 2.43. The van der Waals surface area contributed by atoms with Crippen LogP contribution in [0.25, 0.3) is 0 Å². The van der Waals surface area contributed by atoms with E-state index in [0.29, 0.717) is 25.7 Å². The van der Waals surface area contributed by atoms with E-state index in [4.69, 9.17) is 28.6 Å². The van der Waals surface area contributed by atoms with Gasteiger partial charge in [0.1, 0.15) is 0 Å². The van der Waals surface area contributed by atoms with Crippen LogP contribution in [-0.4, -0.2) is 42.5 Å². The average Bonchev–Trinajstić information content (AvgIpc) is 2.84. The Morgan fingerprint density at radius 3 is 1.48 bits per heavy atom. The van der Waals surface area contributed by atoms with Crippen molar-refractivity contribution in [1.82, 2.24) is 0 Å². The Hall–Kier alpha value is -0.0500. The van der Waals surface area contributed by atoms with Crippen molar-refractivity contribution in [2.24, 2.45) is 0 Å². The summed E-state index contributed by atoms with van der Waals surface area (Å²) in [4.78, 5) is 32.3. The van der Waals surface area contributed by atoms with E-state index in [0.717, 1.165) is 38.5 Å². The molecule has 33 heavy (non-hydrogen) atoms. The van der Waals surface area contributed by atoms with Gasteiger partial charge in [-0.3, -0.25) is 9.05 Å². The Balaban J connectivity index is 1.50. The molecule has 2 atom stereocenters. The third-order valence-electron chi connectivity index (χ3n) is 6.52. The molecule has 0 aromatic heterocycles. The van der Waals surface area contributed by atoms with Crippen LogP contribution in [0.3, 0.4) is 0 Å². The number of rotatable bonds is 18. The fourth-order valence-electron chi connectivity index (χ4n) is 4.30. The van der Waals surface area contributed by atoms with Crippen LogP contribution in [0.1, 0.15) is 117 Å². The standard InChI is InChI=1S/C24H47O8P/c1-3-21(29-31-23-13-7-5-8-14-23)17-11-19-27-33(25,26)28-20-12-18-22(4-2)30-32-24-15-9-6-10-16-24/h21-24H,3-20H2,1-2H3,(H,25,26). The van der Waals surface area contributed by atoms with E-state index in [2.05, 4.69) is 0 Å². The zero-order valence-corrected chi connectivity index (χ0v) is 21.7. The lowest BCUT2D eigenvalue weighted by Crippen LogP contribution is -2.22. The van der Waals surface area contributed by atoms with Crippen molar-refractivity contribution in [3.8, 4) is 0 Å². The summed E-state index contributed by atoms with van der Waals surface area (Å²) in [7, 11) is -4.05. The summed E-state index contributed by atoms with van der Waals surface area (Å²) in [5, 5.41) is 0. The molecule has 2 rings (SSSR count). The SMILES string of the molecule is CCC(CCCOP(=O)(O)OCCCC(CC)OOC1CCCCC1)OOC1CCCCC1. The second-order valence-electron chi connectivity index (χ2n) is 9.38. The molecule has 0 amide bonds. The van der Waals surface area contributed by atoms with Gasteiger partial charge >= 0.3 is 7.82 Å². The predicted molar refractivity (Wildman–Crippen MR) is 126 cm³/mol. The molecule has 0 radical (unpaired) electrons. The Bertz CT molecular complexity index is 481.